The number of methoxy groups -OCH3 is 1. The lowest BCUT2D eigenvalue weighted by molar-refractivity contribution is -0.139. The molecule has 1 atom stereocenters. The number of aliphatic carboxylic acids is 2. The van der Waals surface area contributed by atoms with Gasteiger partial charge in [0.1, 0.15) is 17.1 Å². The summed E-state index contributed by atoms with van der Waals surface area (Å²) in [7, 11) is 1.43. The lowest BCUT2D eigenvalue weighted by atomic mass is 10.0. The van der Waals surface area contributed by atoms with E-state index in [1.807, 2.05) is 0 Å². The summed E-state index contributed by atoms with van der Waals surface area (Å²) in [5.41, 5.74) is 2.91. The second-order valence-electron chi connectivity index (χ2n) is 8.00. The number of nitrogens with one attached hydrogen (secondary N) is 2. The Morgan fingerprint density at radius 2 is 1.76 bits per heavy atom. The average molecular weight is 473 g/mol. The number of hydrazone groups is 1. The number of carbonyl (C=O) groups excluding carboxylic acids is 1. The van der Waals surface area contributed by atoms with Crippen LogP contribution in [0.1, 0.15) is 37.9 Å². The minimum Gasteiger partial charge on any atom is -0.497 e. The third-order valence-electron chi connectivity index (χ3n) is 4.12. The van der Waals surface area contributed by atoms with Gasteiger partial charge in [-0.25, -0.2) is 19.8 Å². The zero-order chi connectivity index (χ0) is 25.3. The zero-order valence-electron chi connectivity index (χ0n) is 19.2. The largest absolute Gasteiger partial charge is 0.497 e. The number of hydrogen-bond donors (Lipinski definition) is 4. The third-order valence-corrected chi connectivity index (χ3v) is 4.12. The lowest BCUT2D eigenvalue weighted by Crippen LogP contribution is -2.29. The van der Waals surface area contributed by atoms with E-state index in [9.17, 15) is 19.5 Å². The van der Waals surface area contributed by atoms with E-state index < -0.39 is 36.3 Å². The van der Waals surface area contributed by atoms with Gasteiger partial charge in [-0.3, -0.25) is 0 Å². The van der Waals surface area contributed by atoms with Gasteiger partial charge >= 0.3 is 18.0 Å². The lowest BCUT2D eigenvalue weighted by Gasteiger charge is -2.20. The van der Waals surface area contributed by atoms with Crippen LogP contribution in [0, 0.1) is 0 Å². The van der Waals surface area contributed by atoms with E-state index >= 15 is 0 Å². The fourth-order valence-corrected chi connectivity index (χ4v) is 2.72. The Morgan fingerprint density at radius 3 is 2.32 bits per heavy atom. The Bertz CT molecular complexity index is 1050. The highest BCUT2D eigenvalue weighted by Crippen LogP contribution is 2.32. The van der Waals surface area contributed by atoms with Crippen LogP contribution in [0.4, 0.5) is 10.5 Å². The summed E-state index contributed by atoms with van der Waals surface area (Å²) in [5, 5.41) is 25.4. The molecule has 0 heterocycles. The van der Waals surface area contributed by atoms with Crippen molar-refractivity contribution in [3.05, 3.63) is 53.6 Å². The van der Waals surface area contributed by atoms with E-state index in [2.05, 4.69) is 15.8 Å². The molecular formula is C23H27N3O8. The van der Waals surface area contributed by atoms with Crippen molar-refractivity contribution in [3.63, 3.8) is 0 Å². The van der Waals surface area contributed by atoms with Crippen LogP contribution in [-0.4, -0.2) is 53.8 Å². The first-order valence-electron chi connectivity index (χ1n) is 10.1. The summed E-state index contributed by atoms with van der Waals surface area (Å²) >= 11 is 0. The summed E-state index contributed by atoms with van der Waals surface area (Å²) in [5.74, 6) is -1.92. The Kier molecular flexibility index (Phi) is 8.82. The van der Waals surface area contributed by atoms with E-state index in [1.165, 1.54) is 25.5 Å². The Hall–Kier alpha value is -4.28. The molecule has 4 N–H and O–H groups in total. The summed E-state index contributed by atoms with van der Waals surface area (Å²) in [6, 6.07) is 9.78. The molecule has 2 aromatic carbocycles. The van der Waals surface area contributed by atoms with Crippen molar-refractivity contribution in [2.45, 2.75) is 32.4 Å². The quantitative estimate of drug-likeness (QED) is 0.300. The van der Waals surface area contributed by atoms with Crippen molar-refractivity contribution in [3.8, 4) is 11.5 Å². The monoisotopic (exact) mass is 473 g/mol. The molecule has 2 aromatic rings. The predicted molar refractivity (Wildman–Crippen MR) is 124 cm³/mol. The smallest absolute Gasteiger partial charge is 0.428 e. The zero-order valence-corrected chi connectivity index (χ0v) is 19.2. The number of anilines is 1. The molecule has 2 rings (SSSR count). The van der Waals surface area contributed by atoms with E-state index in [1.54, 1.807) is 51.1 Å². The molecule has 34 heavy (non-hydrogen) atoms. The summed E-state index contributed by atoms with van der Waals surface area (Å²) in [6.45, 7) is 4.58. The molecule has 0 fully saturated rings. The van der Waals surface area contributed by atoms with Gasteiger partial charge in [0, 0.05) is 11.3 Å². The van der Waals surface area contributed by atoms with Gasteiger partial charge in [0.15, 0.2) is 12.6 Å². The number of hydrogen-bond acceptors (Lipinski definition) is 8. The second-order valence-corrected chi connectivity index (χ2v) is 8.00. The Morgan fingerprint density at radius 1 is 1.09 bits per heavy atom. The molecule has 0 bridgehead atoms. The molecule has 1 amide bonds. The third kappa shape index (κ3) is 8.34. The van der Waals surface area contributed by atoms with Gasteiger partial charge < -0.3 is 29.7 Å². The van der Waals surface area contributed by atoms with Crippen molar-refractivity contribution < 1.29 is 38.8 Å². The number of ether oxygens (including phenoxy) is 3. The summed E-state index contributed by atoms with van der Waals surface area (Å²) in [4.78, 5) is 34.5. The van der Waals surface area contributed by atoms with Gasteiger partial charge in [0.2, 0.25) is 0 Å². The van der Waals surface area contributed by atoms with E-state index in [0.717, 1.165) is 0 Å². The minimum absolute atomic E-state index is 0.0973. The predicted octanol–water partition coefficient (Wildman–Crippen LogP) is 3.26. The van der Waals surface area contributed by atoms with Gasteiger partial charge in [-0.2, -0.15) is 5.10 Å². The first-order chi connectivity index (χ1) is 16.0. The highest BCUT2D eigenvalue weighted by Gasteiger charge is 2.25. The van der Waals surface area contributed by atoms with Gasteiger partial charge in [0.25, 0.3) is 0 Å². The maximum absolute atomic E-state index is 12.0. The van der Waals surface area contributed by atoms with Crippen molar-refractivity contribution in [2.24, 2.45) is 5.10 Å². The Balaban J connectivity index is 2.16. The van der Waals surface area contributed by atoms with Crippen molar-refractivity contribution in [1.82, 2.24) is 5.43 Å². The maximum atomic E-state index is 12.0. The van der Waals surface area contributed by atoms with Gasteiger partial charge in [-0.05, 0) is 56.7 Å². The molecule has 11 heteroatoms. The number of carboxylic acid groups (broad SMARTS) is 2. The van der Waals surface area contributed by atoms with Crippen molar-refractivity contribution in [1.29, 1.82) is 0 Å². The molecule has 0 radical (unpaired) electrons. The van der Waals surface area contributed by atoms with Gasteiger partial charge in [-0.15, -0.1) is 0 Å². The molecule has 0 aromatic heterocycles. The summed E-state index contributed by atoms with van der Waals surface area (Å²) < 4.78 is 15.5. The second kappa shape index (κ2) is 11.5. The highest BCUT2D eigenvalue weighted by atomic mass is 16.6. The van der Waals surface area contributed by atoms with Crippen LogP contribution in [0.15, 0.2) is 47.6 Å². The molecule has 0 aliphatic heterocycles. The summed E-state index contributed by atoms with van der Waals surface area (Å²) in [6.07, 6.45) is 0.716. The standard InChI is InChI=1S/C23H27N3O8/c1-23(2,3)34-22(31)26-24-12-14-5-7-15(8-6-14)25-20(21(29)30)17-11-16(32-4)9-10-18(17)33-13-19(27)28/h5-12,20,25H,13H2,1-4H3,(H,26,31)(H,27,28)(H,29,30). The topological polar surface area (TPSA) is 156 Å². The Labute approximate surface area is 196 Å². The molecule has 0 saturated heterocycles. The first kappa shape index (κ1) is 26.0. The van der Waals surface area contributed by atoms with Crippen LogP contribution < -0.4 is 20.2 Å². The average Bonchev–Trinajstić information content (AvgIpc) is 2.75. The molecule has 0 saturated carbocycles. The van der Waals surface area contributed by atoms with Crippen molar-refractivity contribution in [2.75, 3.05) is 19.0 Å². The highest BCUT2D eigenvalue weighted by molar-refractivity contribution is 5.83. The number of carbonyl (C=O) groups is 3. The van der Waals surface area contributed by atoms with Crippen LogP contribution in [-0.2, 0) is 14.3 Å². The van der Waals surface area contributed by atoms with Crippen LogP contribution in [0.3, 0.4) is 0 Å². The number of rotatable bonds is 10. The normalized spacial score (nSPS) is 12.0. The number of benzene rings is 2. The van der Waals surface area contributed by atoms with Crippen LogP contribution in [0.5, 0.6) is 11.5 Å². The molecule has 11 nitrogen and oxygen atoms in total. The maximum Gasteiger partial charge on any atom is 0.428 e. The number of carboxylic acids is 2. The molecule has 0 spiro atoms. The SMILES string of the molecule is COc1ccc(OCC(=O)O)c(C(Nc2ccc(C=NNC(=O)OC(C)(C)C)cc2)C(=O)O)c1. The van der Waals surface area contributed by atoms with Crippen LogP contribution in [0.2, 0.25) is 0 Å². The van der Waals surface area contributed by atoms with Crippen LogP contribution >= 0.6 is 0 Å². The fraction of sp³-hybridized carbons (Fsp3) is 0.304. The van der Waals surface area contributed by atoms with Crippen molar-refractivity contribution >= 4 is 29.9 Å². The molecule has 0 aliphatic rings. The van der Waals surface area contributed by atoms with Gasteiger partial charge in [-0.1, -0.05) is 12.1 Å². The molecule has 182 valence electrons. The number of nitrogens with zero attached hydrogens (tertiary/aromatic N) is 1. The molecular weight excluding hydrogens is 446 g/mol. The van der Waals surface area contributed by atoms with E-state index in [-0.39, 0.29) is 11.3 Å². The van der Waals surface area contributed by atoms with E-state index in [0.29, 0.717) is 17.0 Å². The molecule has 1 unspecified atom stereocenters. The van der Waals surface area contributed by atoms with Gasteiger partial charge in [0.05, 0.1) is 13.3 Å². The molecule has 0 aliphatic carbocycles. The minimum atomic E-state index is -1.26. The number of amides is 1. The first-order valence-corrected chi connectivity index (χ1v) is 10.1. The van der Waals surface area contributed by atoms with E-state index in [4.69, 9.17) is 19.3 Å². The van der Waals surface area contributed by atoms with Crippen LogP contribution in [0.25, 0.3) is 0 Å². The fourth-order valence-electron chi connectivity index (χ4n) is 2.72.